The Labute approximate surface area is 616 Å². The van der Waals surface area contributed by atoms with Crippen molar-refractivity contribution >= 4 is 117 Å². The van der Waals surface area contributed by atoms with Crippen LogP contribution in [0.25, 0.3) is 0 Å². The first-order valence-corrected chi connectivity index (χ1v) is 35.9. The number of halogens is 16. The predicted octanol–water partition coefficient (Wildman–Crippen LogP) is 31.5. The van der Waals surface area contributed by atoms with Crippen LogP contribution in [0.4, 0.5) is 35.1 Å². The minimum atomic E-state index is -4.32. The average molecular weight is 1690 g/mol. The molecule has 0 heterocycles. The molecule has 0 aliphatic carbocycles. The topological polar surface area (TPSA) is 0 Å². The second kappa shape index (κ2) is 42.5. The fourth-order valence-corrected chi connectivity index (χ4v) is 13.5. The van der Waals surface area contributed by atoms with Gasteiger partial charge < -0.3 is 0 Å². The van der Waals surface area contributed by atoms with Crippen LogP contribution >= 0.6 is 117 Å². The van der Waals surface area contributed by atoms with Crippen molar-refractivity contribution in [1.29, 1.82) is 0 Å². The summed E-state index contributed by atoms with van der Waals surface area (Å²) < 4.78 is 103. The number of benzene rings is 8. The van der Waals surface area contributed by atoms with Crippen molar-refractivity contribution in [3.63, 3.8) is 0 Å². The SMILES string of the molecule is CC(C)c1ccc(Br)cc1Cl.CC(C)c1ccc(Br)cc1F.CC(C)c1ccc(C(F)(F)F)cc1Br.CC(C)c1ccc(C(F)(F)F)cc1Cl.CC(C)c1ccc(Cl)cc1I.Cc1cc(Cl)ccc1C(C)C.Cc1cc(F)ccc1C(C)C.Cc1ccc(C(C)C)c(C)c1. The minimum absolute atomic E-state index is 0.129. The number of rotatable bonds is 8. The molecule has 0 unspecified atom stereocenters. The standard InChI is InChI=1S/C11H16.C10H10BrF3.C10H10ClF3.C10H13Cl.C10H13F.C9H10BrCl.C9H10BrF.C9H10ClI/c1-8(2)11-6-5-9(3)7-10(11)4;2*1-6(2)8-4-3-7(5-9(8)11)10(12,13)14;2*1-7(2)10-5-4-9(11)6-8(10)3;3*1-6(2)8-4-3-7(10)5-9(8)11/h5-8H,1-4H3;2*3-6H,1-2H3;2*4-7H,1-3H3;3*3-6H,1-2H3. The Bertz CT molecular complexity index is 3100. The molecule has 0 nitrogen and oxygen atoms in total. The second-order valence-corrected chi connectivity index (χ2v) is 30.6. The lowest BCUT2D eigenvalue weighted by Gasteiger charge is -2.12. The van der Waals surface area contributed by atoms with Crippen LogP contribution in [0.2, 0.25) is 20.1 Å². The van der Waals surface area contributed by atoms with E-state index in [2.05, 4.69) is 197 Å². The van der Waals surface area contributed by atoms with Gasteiger partial charge in [-0.15, -0.1) is 0 Å². The first kappa shape index (κ1) is 88.5. The maximum atomic E-state index is 13.1. The van der Waals surface area contributed by atoms with Crippen molar-refractivity contribution in [2.45, 2.75) is 198 Å². The van der Waals surface area contributed by atoms with Crippen LogP contribution in [0.5, 0.6) is 0 Å². The van der Waals surface area contributed by atoms with E-state index in [1.807, 2.05) is 103 Å². The summed E-state index contributed by atoms with van der Waals surface area (Å²) in [5.41, 5.74) is 12.8. The van der Waals surface area contributed by atoms with Gasteiger partial charge in [0.25, 0.3) is 0 Å². The zero-order valence-electron chi connectivity index (χ0n) is 57.5. The Morgan fingerprint density at radius 3 is 1.02 bits per heavy atom. The zero-order chi connectivity index (χ0) is 72.4. The molecule has 8 aromatic rings. The highest BCUT2D eigenvalue weighted by Crippen LogP contribution is 2.36. The Balaban J connectivity index is 0.000000538. The normalized spacial score (nSPS) is 11.1. The molecule has 0 N–H and O–H groups in total. The molecular formula is C78H92Br3Cl4F8I. The van der Waals surface area contributed by atoms with Crippen molar-refractivity contribution in [1.82, 2.24) is 0 Å². The third-order valence-corrected chi connectivity index (χ3v) is 18.1. The molecule has 0 amide bonds. The van der Waals surface area contributed by atoms with E-state index < -0.39 is 23.5 Å². The first-order chi connectivity index (χ1) is 43.3. The van der Waals surface area contributed by atoms with Crippen LogP contribution in [0.3, 0.4) is 0 Å². The molecule has 8 aromatic carbocycles. The Morgan fingerprint density at radius 2 is 0.660 bits per heavy atom. The van der Waals surface area contributed by atoms with Gasteiger partial charge in [-0.05, 0) is 244 Å². The van der Waals surface area contributed by atoms with E-state index in [9.17, 15) is 35.1 Å². The van der Waals surface area contributed by atoms with E-state index in [1.54, 1.807) is 6.07 Å². The number of aryl methyl sites for hydroxylation is 4. The Kier molecular flexibility index (Phi) is 40.0. The van der Waals surface area contributed by atoms with Crippen LogP contribution in [0.15, 0.2) is 159 Å². The summed E-state index contributed by atoms with van der Waals surface area (Å²) in [4.78, 5) is 0. The Hall–Kier alpha value is -3.47. The van der Waals surface area contributed by atoms with Crippen LogP contribution in [0, 0.1) is 42.9 Å². The largest absolute Gasteiger partial charge is 0.416 e. The van der Waals surface area contributed by atoms with Gasteiger partial charge in [0.2, 0.25) is 0 Å². The lowest BCUT2D eigenvalue weighted by atomic mass is 9.97. The van der Waals surface area contributed by atoms with E-state index in [0.29, 0.717) is 34.1 Å². The molecule has 94 heavy (non-hydrogen) atoms. The summed E-state index contributed by atoms with van der Waals surface area (Å²) in [6.45, 7) is 41.7. The molecule has 0 spiro atoms. The first-order valence-electron chi connectivity index (χ1n) is 31.0. The van der Waals surface area contributed by atoms with E-state index in [1.165, 1.54) is 72.3 Å². The summed E-state index contributed by atoms with van der Waals surface area (Å²) in [5.74, 6) is 3.12. The van der Waals surface area contributed by atoms with Crippen molar-refractivity contribution in [3.05, 3.63) is 272 Å². The van der Waals surface area contributed by atoms with Crippen LogP contribution in [-0.2, 0) is 12.4 Å². The van der Waals surface area contributed by atoms with Crippen LogP contribution < -0.4 is 0 Å². The summed E-state index contributed by atoms with van der Waals surface area (Å²) in [6.07, 6.45) is -8.59. The third kappa shape index (κ3) is 32.5. The highest BCUT2D eigenvalue weighted by molar-refractivity contribution is 14.1. The molecule has 516 valence electrons. The van der Waals surface area contributed by atoms with Gasteiger partial charge in [0.05, 0.1) is 11.1 Å². The average Bonchev–Trinajstić information content (AvgIpc) is 0.853. The quantitative estimate of drug-likeness (QED) is 0.105. The molecular weight excluding hydrogens is 1600 g/mol. The molecule has 8 rings (SSSR count). The summed E-state index contributed by atoms with van der Waals surface area (Å²) in [5, 5.41) is 2.66. The third-order valence-electron chi connectivity index (χ3n) is 14.4. The van der Waals surface area contributed by atoms with Crippen LogP contribution in [-0.4, -0.2) is 0 Å². The van der Waals surface area contributed by atoms with E-state index in [4.69, 9.17) is 46.4 Å². The van der Waals surface area contributed by atoms with Gasteiger partial charge in [0, 0.05) is 37.1 Å². The van der Waals surface area contributed by atoms with Crippen molar-refractivity contribution < 1.29 is 35.1 Å². The molecule has 0 atom stereocenters. The second-order valence-electron chi connectivity index (χ2n) is 25.1. The van der Waals surface area contributed by atoms with E-state index in [0.717, 1.165) is 70.5 Å². The minimum Gasteiger partial charge on any atom is -0.207 e. The molecule has 0 saturated heterocycles. The van der Waals surface area contributed by atoms with Crippen molar-refractivity contribution in [2.75, 3.05) is 0 Å². The van der Waals surface area contributed by atoms with Gasteiger partial charge >= 0.3 is 12.4 Å². The van der Waals surface area contributed by atoms with Gasteiger partial charge in [-0.2, -0.15) is 26.3 Å². The summed E-state index contributed by atoms with van der Waals surface area (Å²) >= 11 is 35.4. The fraction of sp³-hybridized carbons (Fsp3) is 0.385. The lowest BCUT2D eigenvalue weighted by Crippen LogP contribution is -2.05. The fourth-order valence-electron chi connectivity index (χ4n) is 9.30. The zero-order valence-corrected chi connectivity index (χ0v) is 67.5. The van der Waals surface area contributed by atoms with Crippen LogP contribution in [0.1, 0.15) is 236 Å². The smallest absolute Gasteiger partial charge is 0.207 e. The predicted molar refractivity (Wildman–Crippen MR) is 409 cm³/mol. The molecule has 0 aliphatic heterocycles. The van der Waals surface area contributed by atoms with Gasteiger partial charge in [-0.25, -0.2) is 8.78 Å². The molecule has 0 fully saturated rings. The highest BCUT2D eigenvalue weighted by atomic mass is 127. The monoisotopic (exact) mass is 1680 g/mol. The molecule has 0 bridgehead atoms. The number of hydrogen-bond donors (Lipinski definition) is 0. The number of alkyl halides is 6. The van der Waals surface area contributed by atoms with E-state index >= 15 is 0 Å². The van der Waals surface area contributed by atoms with E-state index in [-0.39, 0.29) is 34.4 Å². The molecule has 0 radical (unpaired) electrons. The maximum Gasteiger partial charge on any atom is 0.416 e. The molecule has 0 saturated carbocycles. The number of hydrogen-bond acceptors (Lipinski definition) is 0. The highest BCUT2D eigenvalue weighted by Gasteiger charge is 2.32. The van der Waals surface area contributed by atoms with Crippen molar-refractivity contribution in [2.24, 2.45) is 0 Å². The molecule has 16 heteroatoms. The van der Waals surface area contributed by atoms with Gasteiger partial charge in [-0.1, -0.05) is 271 Å². The summed E-state index contributed by atoms with van der Waals surface area (Å²) in [7, 11) is 0. The van der Waals surface area contributed by atoms with Crippen molar-refractivity contribution in [3.8, 4) is 0 Å². The molecule has 0 aromatic heterocycles. The molecule has 0 aliphatic rings. The maximum absolute atomic E-state index is 13.1. The van der Waals surface area contributed by atoms with Gasteiger partial charge in [0.15, 0.2) is 0 Å². The summed E-state index contributed by atoms with van der Waals surface area (Å²) in [6, 6.07) is 42.1. The van der Waals surface area contributed by atoms with Gasteiger partial charge in [-0.3, -0.25) is 0 Å². The Morgan fingerprint density at radius 1 is 0.330 bits per heavy atom. The lowest BCUT2D eigenvalue weighted by molar-refractivity contribution is -0.138. The van der Waals surface area contributed by atoms with Gasteiger partial charge in [0.1, 0.15) is 11.6 Å².